The predicted molar refractivity (Wildman–Crippen MR) is 43.4 cm³/mol. The first-order chi connectivity index (χ1) is 5.42. The molecule has 1 atom stereocenters. The van der Waals surface area contributed by atoms with Gasteiger partial charge in [0.05, 0.1) is 6.61 Å². The summed E-state index contributed by atoms with van der Waals surface area (Å²) in [6, 6.07) is 4.26. The molecule has 0 amide bonds. The molecular formula is C9H13NO. The summed E-state index contributed by atoms with van der Waals surface area (Å²) in [5.74, 6) is 0. The molecule has 2 heterocycles. The minimum Gasteiger partial charge on any atom is -0.351 e. The van der Waals surface area contributed by atoms with Gasteiger partial charge in [-0.2, -0.15) is 0 Å². The van der Waals surface area contributed by atoms with Crippen LogP contribution in [0, 0.1) is 0 Å². The van der Waals surface area contributed by atoms with Gasteiger partial charge in [0.2, 0.25) is 0 Å². The van der Waals surface area contributed by atoms with Gasteiger partial charge in [0.25, 0.3) is 0 Å². The topological polar surface area (TPSA) is 17.5 Å². The van der Waals surface area contributed by atoms with Gasteiger partial charge < -0.3 is 9.30 Å². The summed E-state index contributed by atoms with van der Waals surface area (Å²) in [4.78, 5) is 0. The van der Waals surface area contributed by atoms with Gasteiger partial charge in [-0.15, -0.1) is 0 Å². The van der Waals surface area contributed by atoms with Gasteiger partial charge in [-0.3, -0.25) is 0 Å². The van der Waals surface area contributed by atoms with Crippen molar-refractivity contribution in [2.75, 3.05) is 6.61 Å². The summed E-state index contributed by atoms with van der Waals surface area (Å²) >= 11 is 0. The van der Waals surface area contributed by atoms with Gasteiger partial charge in [-0.25, -0.2) is 0 Å². The van der Waals surface area contributed by atoms with E-state index in [4.69, 9.17) is 4.74 Å². The first-order valence-electron chi connectivity index (χ1n) is 4.19. The van der Waals surface area contributed by atoms with E-state index in [1.54, 1.807) is 0 Å². The van der Waals surface area contributed by atoms with E-state index in [-0.39, 0.29) is 0 Å². The van der Waals surface area contributed by atoms with Gasteiger partial charge in [0, 0.05) is 11.9 Å². The molecule has 0 aliphatic carbocycles. The molecule has 11 heavy (non-hydrogen) atoms. The van der Waals surface area contributed by atoms with E-state index in [9.17, 15) is 0 Å². The lowest BCUT2D eigenvalue weighted by Crippen LogP contribution is -1.98. The molecule has 1 aromatic rings. The average molecular weight is 151 g/mol. The predicted octanol–water partition coefficient (Wildman–Crippen LogP) is 1.97. The molecule has 2 heteroatoms. The number of aromatic nitrogens is 1. The minimum atomic E-state index is 0.353. The Morgan fingerprint density at radius 3 is 3.18 bits per heavy atom. The van der Waals surface area contributed by atoms with E-state index in [2.05, 4.69) is 29.8 Å². The van der Waals surface area contributed by atoms with Crippen LogP contribution in [0.5, 0.6) is 0 Å². The van der Waals surface area contributed by atoms with Gasteiger partial charge in [0.1, 0.15) is 0 Å². The van der Waals surface area contributed by atoms with E-state index in [0.29, 0.717) is 6.23 Å². The highest BCUT2D eigenvalue weighted by molar-refractivity contribution is 5.09. The molecule has 60 valence electrons. The Balaban J connectivity index is 2.16. The molecule has 1 unspecified atom stereocenters. The van der Waals surface area contributed by atoms with Gasteiger partial charge in [-0.05, 0) is 18.6 Å². The fourth-order valence-corrected chi connectivity index (χ4v) is 1.38. The smallest absolute Gasteiger partial charge is 0.157 e. The maximum Gasteiger partial charge on any atom is 0.157 e. The molecule has 0 saturated carbocycles. The summed E-state index contributed by atoms with van der Waals surface area (Å²) < 4.78 is 7.43. The van der Waals surface area contributed by atoms with Crippen LogP contribution in [0.15, 0.2) is 18.3 Å². The second-order valence-corrected chi connectivity index (χ2v) is 2.94. The lowest BCUT2D eigenvalue weighted by Gasteiger charge is -2.02. The standard InChI is InChI=1S/C9H13NO/c1-2-4-8-5-3-6-10(8)9-7-11-9/h3,5-6,9H,2,4,7H2,1H3. The van der Waals surface area contributed by atoms with Crippen LogP contribution in [0.1, 0.15) is 25.3 Å². The number of hydrogen-bond donors (Lipinski definition) is 0. The van der Waals surface area contributed by atoms with Crippen molar-refractivity contribution in [3.63, 3.8) is 0 Å². The number of aryl methyl sites for hydroxylation is 1. The van der Waals surface area contributed by atoms with Crippen molar-refractivity contribution in [2.45, 2.75) is 26.0 Å². The number of epoxide rings is 1. The van der Waals surface area contributed by atoms with Crippen molar-refractivity contribution in [1.82, 2.24) is 4.57 Å². The average Bonchev–Trinajstić information content (AvgIpc) is 2.75. The first kappa shape index (κ1) is 6.92. The monoisotopic (exact) mass is 151 g/mol. The fraction of sp³-hybridized carbons (Fsp3) is 0.556. The van der Waals surface area contributed by atoms with E-state index < -0.39 is 0 Å². The third-order valence-corrected chi connectivity index (χ3v) is 2.00. The summed E-state index contributed by atoms with van der Waals surface area (Å²) in [7, 11) is 0. The molecule has 0 N–H and O–H groups in total. The molecule has 0 radical (unpaired) electrons. The molecule has 1 aliphatic heterocycles. The van der Waals surface area contributed by atoms with Crippen LogP contribution in [0.4, 0.5) is 0 Å². The van der Waals surface area contributed by atoms with E-state index in [1.165, 1.54) is 12.1 Å². The molecule has 1 fully saturated rings. The van der Waals surface area contributed by atoms with Crippen LogP contribution in [-0.4, -0.2) is 11.2 Å². The van der Waals surface area contributed by atoms with E-state index in [1.807, 2.05) is 0 Å². The third kappa shape index (κ3) is 1.31. The molecule has 0 spiro atoms. The van der Waals surface area contributed by atoms with Crippen molar-refractivity contribution in [1.29, 1.82) is 0 Å². The normalized spacial score (nSPS) is 22.1. The zero-order chi connectivity index (χ0) is 7.68. The Labute approximate surface area is 66.8 Å². The Morgan fingerprint density at radius 2 is 2.55 bits per heavy atom. The van der Waals surface area contributed by atoms with Crippen molar-refractivity contribution in [2.24, 2.45) is 0 Å². The highest BCUT2D eigenvalue weighted by atomic mass is 16.6. The van der Waals surface area contributed by atoms with Crippen molar-refractivity contribution in [3.8, 4) is 0 Å². The molecule has 0 bridgehead atoms. The van der Waals surface area contributed by atoms with E-state index in [0.717, 1.165) is 13.0 Å². The van der Waals surface area contributed by atoms with Gasteiger partial charge >= 0.3 is 0 Å². The zero-order valence-electron chi connectivity index (χ0n) is 6.79. The van der Waals surface area contributed by atoms with Crippen LogP contribution >= 0.6 is 0 Å². The largest absolute Gasteiger partial charge is 0.351 e. The Bertz CT molecular complexity index is 237. The summed E-state index contributed by atoms with van der Waals surface area (Å²) in [6.45, 7) is 3.09. The number of rotatable bonds is 3. The highest BCUT2D eigenvalue weighted by Crippen LogP contribution is 2.25. The van der Waals surface area contributed by atoms with E-state index >= 15 is 0 Å². The summed E-state index contributed by atoms with van der Waals surface area (Å²) in [5.41, 5.74) is 1.40. The first-order valence-corrected chi connectivity index (χ1v) is 4.19. The number of nitrogens with zero attached hydrogens (tertiary/aromatic N) is 1. The Kier molecular flexibility index (Phi) is 1.70. The third-order valence-electron chi connectivity index (χ3n) is 2.00. The molecule has 2 nitrogen and oxygen atoms in total. The van der Waals surface area contributed by atoms with Crippen LogP contribution < -0.4 is 0 Å². The molecule has 1 aliphatic rings. The second-order valence-electron chi connectivity index (χ2n) is 2.94. The Morgan fingerprint density at radius 1 is 1.73 bits per heavy atom. The van der Waals surface area contributed by atoms with Crippen LogP contribution in [0.2, 0.25) is 0 Å². The molecule has 1 aromatic heterocycles. The van der Waals surface area contributed by atoms with Crippen LogP contribution in [0.25, 0.3) is 0 Å². The van der Waals surface area contributed by atoms with Crippen molar-refractivity contribution >= 4 is 0 Å². The molecule has 0 aromatic carbocycles. The lowest BCUT2D eigenvalue weighted by molar-refractivity contribution is 0.350. The maximum absolute atomic E-state index is 5.20. The van der Waals surface area contributed by atoms with Crippen LogP contribution in [0.3, 0.4) is 0 Å². The highest BCUT2D eigenvalue weighted by Gasteiger charge is 2.25. The molecular weight excluding hydrogens is 138 g/mol. The Hall–Kier alpha value is -0.760. The van der Waals surface area contributed by atoms with Crippen LogP contribution in [-0.2, 0) is 11.2 Å². The molecule has 1 saturated heterocycles. The van der Waals surface area contributed by atoms with Crippen molar-refractivity contribution in [3.05, 3.63) is 24.0 Å². The summed E-state index contributed by atoms with van der Waals surface area (Å²) in [5, 5.41) is 0. The quantitative estimate of drug-likeness (QED) is 0.604. The number of hydrogen-bond acceptors (Lipinski definition) is 1. The zero-order valence-corrected chi connectivity index (χ0v) is 6.79. The van der Waals surface area contributed by atoms with Crippen molar-refractivity contribution < 1.29 is 4.74 Å². The molecule has 2 rings (SSSR count). The fourth-order valence-electron chi connectivity index (χ4n) is 1.38. The van der Waals surface area contributed by atoms with Gasteiger partial charge in [0.15, 0.2) is 6.23 Å². The second kappa shape index (κ2) is 2.70. The van der Waals surface area contributed by atoms with Gasteiger partial charge in [-0.1, -0.05) is 13.3 Å². The SMILES string of the molecule is CCCc1cccn1C1CO1. The number of ether oxygens (including phenoxy) is 1. The summed E-state index contributed by atoms with van der Waals surface area (Å²) in [6.07, 6.45) is 4.82. The lowest BCUT2D eigenvalue weighted by atomic mass is 10.2. The minimum absolute atomic E-state index is 0.353. The maximum atomic E-state index is 5.20.